The van der Waals surface area contributed by atoms with Gasteiger partial charge in [0.05, 0.1) is 17.8 Å². The number of amides is 1. The summed E-state index contributed by atoms with van der Waals surface area (Å²) in [7, 11) is 0. The van der Waals surface area contributed by atoms with Gasteiger partial charge in [0.2, 0.25) is 5.91 Å². The van der Waals surface area contributed by atoms with Crippen LogP contribution in [-0.2, 0) is 11.2 Å². The first-order valence-corrected chi connectivity index (χ1v) is 6.49. The number of anilines is 1. The summed E-state index contributed by atoms with van der Waals surface area (Å²) in [6.45, 7) is 1.73. The second kappa shape index (κ2) is 5.76. The number of aryl methyl sites for hydroxylation is 1. The summed E-state index contributed by atoms with van der Waals surface area (Å²) in [5, 5.41) is 12.6. The summed E-state index contributed by atoms with van der Waals surface area (Å²) in [5.74, 6) is 0.179. The van der Waals surface area contributed by atoms with E-state index in [0.29, 0.717) is 22.8 Å². The minimum Gasteiger partial charge on any atom is -0.361 e. The molecule has 0 saturated carbocycles. The molecule has 3 aromatic rings. The molecule has 7 nitrogen and oxygen atoms in total. The maximum atomic E-state index is 13.8. The van der Waals surface area contributed by atoms with E-state index in [-0.39, 0.29) is 18.0 Å². The van der Waals surface area contributed by atoms with E-state index >= 15 is 0 Å². The first kappa shape index (κ1) is 13.9. The summed E-state index contributed by atoms with van der Waals surface area (Å²) in [4.78, 5) is 15.9. The summed E-state index contributed by atoms with van der Waals surface area (Å²) in [5.41, 5.74) is 1.17. The Kier molecular flexibility index (Phi) is 3.65. The highest BCUT2D eigenvalue weighted by molar-refractivity contribution is 5.92. The van der Waals surface area contributed by atoms with Crippen LogP contribution in [0.3, 0.4) is 0 Å². The van der Waals surface area contributed by atoms with E-state index in [0.717, 1.165) is 0 Å². The molecule has 0 aliphatic carbocycles. The van der Waals surface area contributed by atoms with Crippen molar-refractivity contribution in [2.24, 2.45) is 0 Å². The summed E-state index contributed by atoms with van der Waals surface area (Å²) >= 11 is 0. The highest BCUT2D eigenvalue weighted by atomic mass is 19.1. The van der Waals surface area contributed by atoms with Gasteiger partial charge in [-0.3, -0.25) is 9.89 Å². The van der Waals surface area contributed by atoms with Crippen LogP contribution in [0, 0.1) is 12.7 Å². The largest absolute Gasteiger partial charge is 0.361 e. The van der Waals surface area contributed by atoms with Crippen LogP contribution in [0.25, 0.3) is 11.4 Å². The Morgan fingerprint density at radius 3 is 2.95 bits per heavy atom. The fourth-order valence-corrected chi connectivity index (χ4v) is 1.97. The van der Waals surface area contributed by atoms with Crippen molar-refractivity contribution in [1.29, 1.82) is 0 Å². The van der Waals surface area contributed by atoms with Crippen LogP contribution in [0.4, 0.5) is 10.1 Å². The van der Waals surface area contributed by atoms with Gasteiger partial charge < -0.3 is 9.84 Å². The summed E-state index contributed by atoms with van der Waals surface area (Å²) < 4.78 is 18.7. The topological polar surface area (TPSA) is 96.7 Å². The van der Waals surface area contributed by atoms with Crippen molar-refractivity contribution < 1.29 is 13.7 Å². The molecule has 0 spiro atoms. The second-order valence-corrected chi connectivity index (χ2v) is 4.68. The third-order valence-corrected chi connectivity index (χ3v) is 2.95. The van der Waals surface area contributed by atoms with Crippen molar-refractivity contribution in [3.05, 3.63) is 47.9 Å². The number of carbonyl (C=O) groups excluding carboxylic acids is 1. The first-order chi connectivity index (χ1) is 10.6. The lowest BCUT2D eigenvalue weighted by Gasteiger charge is -2.07. The Bertz CT molecular complexity index is 797. The third-order valence-electron chi connectivity index (χ3n) is 2.95. The van der Waals surface area contributed by atoms with Gasteiger partial charge in [-0.05, 0) is 25.1 Å². The zero-order chi connectivity index (χ0) is 15.5. The molecule has 2 N–H and O–H groups in total. The quantitative estimate of drug-likeness (QED) is 0.769. The molecule has 0 aliphatic heterocycles. The van der Waals surface area contributed by atoms with E-state index < -0.39 is 5.82 Å². The lowest BCUT2D eigenvalue weighted by atomic mass is 10.1. The van der Waals surface area contributed by atoms with Crippen LogP contribution in [-0.4, -0.2) is 26.2 Å². The average Bonchev–Trinajstić information content (AvgIpc) is 3.13. The number of H-pyrrole nitrogens is 1. The predicted molar refractivity (Wildman–Crippen MR) is 75.4 cm³/mol. The predicted octanol–water partition coefficient (Wildman–Crippen LogP) is 2.09. The molecule has 3 rings (SSSR count). The lowest BCUT2D eigenvalue weighted by molar-refractivity contribution is -0.115. The maximum absolute atomic E-state index is 13.8. The molecule has 2 heterocycles. The van der Waals surface area contributed by atoms with E-state index in [1.165, 1.54) is 18.5 Å². The molecule has 2 aromatic heterocycles. The molecule has 0 fully saturated rings. The number of rotatable bonds is 4. The average molecular weight is 301 g/mol. The van der Waals surface area contributed by atoms with Crippen LogP contribution in [0.5, 0.6) is 0 Å². The van der Waals surface area contributed by atoms with Gasteiger partial charge in [0.15, 0.2) is 5.82 Å². The number of aromatic amines is 1. The van der Waals surface area contributed by atoms with E-state index in [2.05, 4.69) is 25.7 Å². The minimum absolute atomic E-state index is 0.00329. The number of aromatic nitrogens is 4. The van der Waals surface area contributed by atoms with Crippen molar-refractivity contribution in [1.82, 2.24) is 20.3 Å². The Morgan fingerprint density at radius 2 is 2.27 bits per heavy atom. The maximum Gasteiger partial charge on any atom is 0.230 e. The van der Waals surface area contributed by atoms with Crippen molar-refractivity contribution in [2.75, 3.05) is 5.32 Å². The number of benzene rings is 1. The molecule has 112 valence electrons. The van der Waals surface area contributed by atoms with Crippen molar-refractivity contribution in [3.63, 3.8) is 0 Å². The Labute approximate surface area is 124 Å². The number of hydrogen-bond acceptors (Lipinski definition) is 5. The molecule has 0 bridgehead atoms. The van der Waals surface area contributed by atoms with Gasteiger partial charge in [0.1, 0.15) is 17.9 Å². The molecule has 1 amide bonds. The number of carbonyl (C=O) groups is 1. The van der Waals surface area contributed by atoms with Crippen LogP contribution in [0.2, 0.25) is 0 Å². The van der Waals surface area contributed by atoms with Gasteiger partial charge in [-0.1, -0.05) is 5.16 Å². The zero-order valence-electron chi connectivity index (χ0n) is 11.6. The third kappa shape index (κ3) is 3.00. The fourth-order valence-electron chi connectivity index (χ4n) is 1.97. The second-order valence-electron chi connectivity index (χ2n) is 4.68. The molecular formula is C14H12FN5O2. The highest BCUT2D eigenvalue weighted by Gasteiger charge is 2.12. The zero-order valence-corrected chi connectivity index (χ0v) is 11.6. The molecule has 0 aliphatic rings. The number of hydrogen-bond donors (Lipinski definition) is 2. The number of nitrogens with zero attached hydrogens (tertiary/aromatic N) is 3. The minimum atomic E-state index is -0.534. The van der Waals surface area contributed by atoms with E-state index in [9.17, 15) is 9.18 Å². The Balaban J connectivity index is 1.76. The van der Waals surface area contributed by atoms with E-state index in [1.54, 1.807) is 19.1 Å². The number of halogens is 1. The molecule has 0 saturated heterocycles. The van der Waals surface area contributed by atoms with E-state index in [1.807, 2.05) is 0 Å². The molecule has 0 atom stereocenters. The molecule has 8 heteroatoms. The van der Waals surface area contributed by atoms with Gasteiger partial charge in [-0.25, -0.2) is 9.37 Å². The first-order valence-electron chi connectivity index (χ1n) is 6.49. The standard InChI is InChI=1S/C14H12FN5O2/c1-8-4-10(20-22-8)6-13(21)18-12-5-9(2-3-11(12)15)14-16-7-17-19-14/h2-5,7H,6H2,1H3,(H,18,21)(H,16,17,19). The van der Waals surface area contributed by atoms with Gasteiger partial charge in [0.25, 0.3) is 0 Å². The number of nitrogens with one attached hydrogen (secondary N) is 2. The van der Waals surface area contributed by atoms with Crippen LogP contribution in [0.1, 0.15) is 11.5 Å². The van der Waals surface area contributed by atoms with Crippen molar-refractivity contribution in [3.8, 4) is 11.4 Å². The molecule has 0 unspecified atom stereocenters. The molecule has 1 aromatic carbocycles. The molecule has 22 heavy (non-hydrogen) atoms. The summed E-state index contributed by atoms with van der Waals surface area (Å²) in [6, 6.07) is 5.95. The van der Waals surface area contributed by atoms with Crippen molar-refractivity contribution >= 4 is 11.6 Å². The molecular weight excluding hydrogens is 289 g/mol. The van der Waals surface area contributed by atoms with E-state index in [4.69, 9.17) is 4.52 Å². The van der Waals surface area contributed by atoms with Gasteiger partial charge in [0, 0.05) is 11.6 Å². The monoisotopic (exact) mass is 301 g/mol. The Hall–Kier alpha value is -3.03. The van der Waals surface area contributed by atoms with Crippen LogP contribution < -0.4 is 5.32 Å². The normalized spacial score (nSPS) is 10.6. The SMILES string of the molecule is Cc1cc(CC(=O)Nc2cc(-c3ncn[nH]3)ccc2F)no1. The lowest BCUT2D eigenvalue weighted by Crippen LogP contribution is -2.15. The fraction of sp³-hybridized carbons (Fsp3) is 0.143. The van der Waals surface area contributed by atoms with Gasteiger partial charge >= 0.3 is 0 Å². The smallest absolute Gasteiger partial charge is 0.230 e. The van der Waals surface area contributed by atoms with Gasteiger partial charge in [-0.2, -0.15) is 5.10 Å². The molecule has 0 radical (unpaired) electrons. The van der Waals surface area contributed by atoms with Crippen molar-refractivity contribution in [2.45, 2.75) is 13.3 Å². The van der Waals surface area contributed by atoms with Crippen LogP contribution in [0.15, 0.2) is 35.1 Å². The van der Waals surface area contributed by atoms with Crippen LogP contribution >= 0.6 is 0 Å². The Morgan fingerprint density at radius 1 is 1.41 bits per heavy atom. The highest BCUT2D eigenvalue weighted by Crippen LogP contribution is 2.22. The van der Waals surface area contributed by atoms with Gasteiger partial charge in [-0.15, -0.1) is 0 Å². The summed E-state index contributed by atoms with van der Waals surface area (Å²) in [6.07, 6.45) is 1.35.